The minimum atomic E-state index is -0.102. The highest BCUT2D eigenvalue weighted by molar-refractivity contribution is 7.99. The zero-order valence-electron chi connectivity index (χ0n) is 14.3. The highest BCUT2D eigenvalue weighted by atomic mass is 32.2. The van der Waals surface area contributed by atoms with Gasteiger partial charge in [-0.1, -0.05) is 54.2 Å². The van der Waals surface area contributed by atoms with Gasteiger partial charge in [0.2, 0.25) is 11.1 Å². The predicted molar refractivity (Wildman–Crippen MR) is 101 cm³/mol. The Morgan fingerprint density at radius 2 is 1.88 bits per heavy atom. The molecule has 0 spiro atoms. The van der Waals surface area contributed by atoms with Crippen molar-refractivity contribution in [2.45, 2.75) is 11.7 Å². The number of hydrogen-bond acceptors (Lipinski definition) is 6. The van der Waals surface area contributed by atoms with Crippen molar-refractivity contribution < 1.29 is 9.53 Å². The maximum atomic E-state index is 12.0. The van der Waals surface area contributed by atoms with E-state index in [1.807, 2.05) is 54.6 Å². The average Bonchev–Trinajstić information content (AvgIpc) is 3.06. The van der Waals surface area contributed by atoms with Crippen LogP contribution in [0.25, 0.3) is 11.4 Å². The number of aromatic nitrogens is 3. The number of nitrogens with one attached hydrogen (secondary N) is 1. The highest BCUT2D eigenvalue weighted by Gasteiger charge is 2.13. The molecule has 8 heteroatoms. The number of carbonyl (C=O) groups is 1. The van der Waals surface area contributed by atoms with Crippen molar-refractivity contribution in [2.75, 3.05) is 18.7 Å². The van der Waals surface area contributed by atoms with E-state index in [0.29, 0.717) is 17.5 Å². The molecule has 1 heterocycles. The molecule has 3 rings (SSSR count). The second-order valence-corrected chi connectivity index (χ2v) is 6.40. The SMILES string of the molecule is COc1ccc(CNC(=O)CSc2nnc(-c3ccccc3)n2N)cc1. The van der Waals surface area contributed by atoms with Crippen molar-refractivity contribution in [3.05, 3.63) is 60.2 Å². The van der Waals surface area contributed by atoms with Gasteiger partial charge in [0.05, 0.1) is 12.9 Å². The number of ether oxygens (including phenoxy) is 1. The molecule has 3 N–H and O–H groups in total. The number of carbonyl (C=O) groups excluding carboxylic acids is 1. The van der Waals surface area contributed by atoms with Crippen molar-refractivity contribution in [1.82, 2.24) is 20.2 Å². The van der Waals surface area contributed by atoms with Crippen molar-refractivity contribution in [2.24, 2.45) is 0 Å². The van der Waals surface area contributed by atoms with Crippen molar-refractivity contribution >= 4 is 17.7 Å². The number of nitrogens with zero attached hydrogens (tertiary/aromatic N) is 3. The first-order valence-electron chi connectivity index (χ1n) is 7.95. The minimum absolute atomic E-state index is 0.102. The lowest BCUT2D eigenvalue weighted by Crippen LogP contribution is -2.25. The summed E-state index contributed by atoms with van der Waals surface area (Å²) >= 11 is 1.24. The van der Waals surface area contributed by atoms with Gasteiger partial charge >= 0.3 is 0 Å². The summed E-state index contributed by atoms with van der Waals surface area (Å²) in [7, 11) is 1.62. The smallest absolute Gasteiger partial charge is 0.230 e. The van der Waals surface area contributed by atoms with Crippen molar-refractivity contribution in [3.63, 3.8) is 0 Å². The summed E-state index contributed by atoms with van der Waals surface area (Å²) in [6, 6.07) is 17.1. The molecule has 0 aliphatic rings. The molecule has 0 saturated carbocycles. The summed E-state index contributed by atoms with van der Waals surface area (Å²) in [6.07, 6.45) is 0. The lowest BCUT2D eigenvalue weighted by atomic mass is 10.2. The predicted octanol–water partition coefficient (Wildman–Crippen LogP) is 2.08. The largest absolute Gasteiger partial charge is 0.497 e. The molecule has 2 aromatic carbocycles. The summed E-state index contributed by atoms with van der Waals surface area (Å²) in [5.74, 6) is 7.49. The summed E-state index contributed by atoms with van der Waals surface area (Å²) in [4.78, 5) is 12.0. The Kier molecular flexibility index (Phi) is 5.75. The fourth-order valence-corrected chi connectivity index (χ4v) is 2.97. The maximum Gasteiger partial charge on any atom is 0.230 e. The Hall–Kier alpha value is -3.00. The molecule has 0 bridgehead atoms. The molecular formula is C18H19N5O2S. The van der Waals surface area contributed by atoms with Crippen LogP contribution in [0.5, 0.6) is 5.75 Å². The standard InChI is InChI=1S/C18H19N5O2S/c1-25-15-9-7-13(8-10-15)11-20-16(24)12-26-18-22-21-17(23(18)19)14-5-3-2-4-6-14/h2-10H,11-12,19H2,1H3,(H,20,24). The third-order valence-electron chi connectivity index (χ3n) is 3.68. The van der Waals surface area contributed by atoms with Crippen LogP contribution >= 0.6 is 11.8 Å². The van der Waals surface area contributed by atoms with Gasteiger partial charge in [-0.05, 0) is 17.7 Å². The Morgan fingerprint density at radius 3 is 2.58 bits per heavy atom. The second-order valence-electron chi connectivity index (χ2n) is 5.46. The molecule has 1 aromatic heterocycles. The van der Waals surface area contributed by atoms with Gasteiger partial charge in [-0.25, -0.2) is 4.68 Å². The third kappa shape index (κ3) is 4.34. The second kappa shape index (κ2) is 8.39. The van der Waals surface area contributed by atoms with E-state index in [0.717, 1.165) is 16.9 Å². The fourth-order valence-electron chi connectivity index (χ4n) is 2.28. The van der Waals surface area contributed by atoms with Crippen LogP contribution in [-0.4, -0.2) is 33.6 Å². The number of methoxy groups -OCH3 is 1. The highest BCUT2D eigenvalue weighted by Crippen LogP contribution is 2.21. The number of hydrogen-bond donors (Lipinski definition) is 2. The topological polar surface area (TPSA) is 95.1 Å². The molecular weight excluding hydrogens is 350 g/mol. The minimum Gasteiger partial charge on any atom is -0.497 e. The molecule has 0 aliphatic carbocycles. The number of rotatable bonds is 7. The van der Waals surface area contributed by atoms with Crippen LogP contribution in [0.15, 0.2) is 59.8 Å². The summed E-state index contributed by atoms with van der Waals surface area (Å²) in [5.41, 5.74) is 1.87. The van der Waals surface area contributed by atoms with E-state index in [9.17, 15) is 4.79 Å². The quantitative estimate of drug-likeness (QED) is 0.489. The van der Waals surface area contributed by atoms with Crippen LogP contribution in [0, 0.1) is 0 Å². The first-order chi connectivity index (χ1) is 12.7. The number of nitrogen functional groups attached to an aromatic ring is 1. The van der Waals surface area contributed by atoms with Gasteiger partial charge in [0, 0.05) is 12.1 Å². The Balaban J connectivity index is 1.52. The van der Waals surface area contributed by atoms with Crippen LogP contribution in [0.4, 0.5) is 0 Å². The average molecular weight is 369 g/mol. The summed E-state index contributed by atoms with van der Waals surface area (Å²) in [6.45, 7) is 0.452. The summed E-state index contributed by atoms with van der Waals surface area (Å²) in [5, 5.41) is 11.5. The molecule has 0 atom stereocenters. The van der Waals surface area contributed by atoms with Gasteiger partial charge in [0.25, 0.3) is 0 Å². The van der Waals surface area contributed by atoms with Crippen LogP contribution in [0.2, 0.25) is 0 Å². The van der Waals surface area contributed by atoms with Gasteiger partial charge in [-0.2, -0.15) is 0 Å². The Morgan fingerprint density at radius 1 is 1.15 bits per heavy atom. The lowest BCUT2D eigenvalue weighted by molar-refractivity contribution is -0.118. The molecule has 0 unspecified atom stereocenters. The molecule has 3 aromatic rings. The number of amides is 1. The third-order valence-corrected chi connectivity index (χ3v) is 4.62. The molecule has 0 fully saturated rings. The maximum absolute atomic E-state index is 12.0. The zero-order valence-corrected chi connectivity index (χ0v) is 15.1. The van der Waals surface area contributed by atoms with Crippen LogP contribution in [0.3, 0.4) is 0 Å². The van der Waals surface area contributed by atoms with Crippen LogP contribution in [0.1, 0.15) is 5.56 Å². The van der Waals surface area contributed by atoms with Crippen molar-refractivity contribution in [1.29, 1.82) is 0 Å². The molecule has 1 amide bonds. The number of nitrogens with two attached hydrogens (primary N) is 1. The monoisotopic (exact) mass is 369 g/mol. The van der Waals surface area contributed by atoms with Crippen LogP contribution < -0.4 is 15.9 Å². The van der Waals surface area contributed by atoms with E-state index < -0.39 is 0 Å². The molecule has 0 radical (unpaired) electrons. The first kappa shape index (κ1) is 17.8. The molecule has 7 nitrogen and oxygen atoms in total. The van der Waals surface area contributed by atoms with E-state index in [1.54, 1.807) is 7.11 Å². The van der Waals surface area contributed by atoms with E-state index in [2.05, 4.69) is 15.5 Å². The normalized spacial score (nSPS) is 10.5. The fraction of sp³-hybridized carbons (Fsp3) is 0.167. The van der Waals surface area contributed by atoms with Gasteiger partial charge in [-0.3, -0.25) is 4.79 Å². The lowest BCUT2D eigenvalue weighted by Gasteiger charge is -2.06. The van der Waals surface area contributed by atoms with E-state index in [1.165, 1.54) is 16.4 Å². The zero-order chi connectivity index (χ0) is 18.4. The van der Waals surface area contributed by atoms with Gasteiger partial charge in [0.1, 0.15) is 5.75 Å². The van der Waals surface area contributed by atoms with Crippen molar-refractivity contribution in [3.8, 4) is 17.1 Å². The molecule has 134 valence electrons. The molecule has 26 heavy (non-hydrogen) atoms. The van der Waals surface area contributed by atoms with E-state index in [4.69, 9.17) is 10.6 Å². The van der Waals surface area contributed by atoms with E-state index >= 15 is 0 Å². The number of thioether (sulfide) groups is 1. The van der Waals surface area contributed by atoms with E-state index in [-0.39, 0.29) is 11.7 Å². The Bertz CT molecular complexity index is 865. The summed E-state index contributed by atoms with van der Waals surface area (Å²) < 4.78 is 6.51. The van der Waals surface area contributed by atoms with Gasteiger partial charge < -0.3 is 15.9 Å². The van der Waals surface area contributed by atoms with Gasteiger partial charge in [0.15, 0.2) is 5.82 Å². The van der Waals surface area contributed by atoms with Gasteiger partial charge in [-0.15, -0.1) is 10.2 Å². The molecule has 0 saturated heterocycles. The number of benzene rings is 2. The van der Waals surface area contributed by atoms with Crippen LogP contribution in [-0.2, 0) is 11.3 Å². The first-order valence-corrected chi connectivity index (χ1v) is 8.94. The Labute approximate surface area is 155 Å². The molecule has 0 aliphatic heterocycles.